The monoisotopic (exact) mass is 509 g/mol. The second-order valence-electron chi connectivity index (χ2n) is 12.3. The molecular weight excluding hydrogens is 469 g/mol. The van der Waals surface area contributed by atoms with Crippen molar-refractivity contribution >= 4 is 5.97 Å². The maximum Gasteiger partial charge on any atom is 0.307 e. The molecule has 37 heavy (non-hydrogen) atoms. The highest BCUT2D eigenvalue weighted by atomic mass is 19.1. The lowest BCUT2D eigenvalue weighted by Gasteiger charge is -2.29. The number of aliphatic hydroxyl groups excluding tert-OH is 1. The van der Waals surface area contributed by atoms with Crippen LogP contribution < -0.4 is 5.32 Å². The lowest BCUT2D eigenvalue weighted by molar-refractivity contribution is -0.139. The van der Waals surface area contributed by atoms with Gasteiger partial charge in [-0.3, -0.25) is 4.79 Å². The minimum absolute atomic E-state index is 0.133. The number of hydrogen-bond acceptors (Lipinski definition) is 4. The first-order valence-corrected chi connectivity index (χ1v) is 13.7. The Kier molecular flexibility index (Phi) is 7.20. The number of carboxylic acid groups (broad SMARTS) is 1. The van der Waals surface area contributed by atoms with E-state index in [0.29, 0.717) is 48.1 Å². The van der Waals surface area contributed by atoms with Crippen molar-refractivity contribution in [2.75, 3.05) is 13.2 Å². The highest BCUT2D eigenvalue weighted by Crippen LogP contribution is 2.73. The molecule has 0 radical (unpaired) electrons. The second-order valence-corrected chi connectivity index (χ2v) is 12.3. The maximum absolute atomic E-state index is 13.9. The Morgan fingerprint density at radius 2 is 1.95 bits per heavy atom. The fraction of sp³-hybridized carbons (Fsp3) is 0.581. The second kappa shape index (κ2) is 10.1. The Morgan fingerprint density at radius 1 is 1.19 bits per heavy atom. The molecule has 3 fully saturated rings. The Morgan fingerprint density at radius 3 is 2.68 bits per heavy atom. The molecule has 0 spiro atoms. The SMILES string of the molecule is Cc1ccc(CC(C)(C)NC[C@@H](O)CO[C@H](C)c2ccccc2C2C[C@@H]3C[C@H]2[C@H]2C(C(=O)O)[C@@H]32)cc1F. The van der Waals surface area contributed by atoms with Crippen LogP contribution in [0.15, 0.2) is 42.5 Å². The third-order valence-corrected chi connectivity index (χ3v) is 9.18. The summed E-state index contributed by atoms with van der Waals surface area (Å²) in [6.45, 7) is 8.47. The molecule has 2 aromatic carbocycles. The predicted octanol–water partition coefficient (Wildman–Crippen LogP) is 5.25. The topological polar surface area (TPSA) is 78.8 Å². The van der Waals surface area contributed by atoms with Crippen molar-refractivity contribution < 1.29 is 24.1 Å². The molecule has 5 nitrogen and oxygen atoms in total. The van der Waals surface area contributed by atoms with E-state index in [1.165, 1.54) is 5.56 Å². The summed E-state index contributed by atoms with van der Waals surface area (Å²) in [5, 5.41) is 23.6. The Balaban J connectivity index is 1.14. The normalized spacial score (nSPS) is 29.7. The van der Waals surface area contributed by atoms with Crippen LogP contribution in [0, 0.1) is 42.3 Å². The molecule has 3 aliphatic carbocycles. The summed E-state index contributed by atoms with van der Waals surface area (Å²) in [4.78, 5) is 11.6. The Labute approximate surface area is 219 Å². The van der Waals surface area contributed by atoms with Gasteiger partial charge in [-0.15, -0.1) is 0 Å². The molecule has 0 aliphatic heterocycles. The number of nitrogens with one attached hydrogen (secondary N) is 1. The zero-order valence-corrected chi connectivity index (χ0v) is 22.3. The van der Waals surface area contributed by atoms with Crippen LogP contribution in [0.2, 0.25) is 0 Å². The van der Waals surface area contributed by atoms with Crippen LogP contribution in [0.3, 0.4) is 0 Å². The minimum atomic E-state index is -0.672. The number of halogens is 1. The lowest BCUT2D eigenvalue weighted by atomic mass is 9.80. The molecule has 5 rings (SSSR count). The van der Waals surface area contributed by atoms with E-state index in [1.54, 1.807) is 19.1 Å². The summed E-state index contributed by atoms with van der Waals surface area (Å²) in [6.07, 6.45) is 2.04. The van der Waals surface area contributed by atoms with E-state index in [0.717, 1.165) is 24.0 Å². The summed E-state index contributed by atoms with van der Waals surface area (Å²) in [7, 11) is 0. The first kappa shape index (κ1) is 26.3. The molecule has 6 heteroatoms. The van der Waals surface area contributed by atoms with Crippen molar-refractivity contribution in [3.63, 3.8) is 0 Å². The average molecular weight is 510 g/mol. The first-order valence-electron chi connectivity index (χ1n) is 13.7. The molecule has 0 aromatic heterocycles. The van der Waals surface area contributed by atoms with Gasteiger partial charge in [-0.25, -0.2) is 4.39 Å². The summed E-state index contributed by atoms with van der Waals surface area (Å²) >= 11 is 0. The van der Waals surface area contributed by atoms with Crippen LogP contribution in [0.5, 0.6) is 0 Å². The van der Waals surface area contributed by atoms with Crippen molar-refractivity contribution in [1.29, 1.82) is 0 Å². The van der Waals surface area contributed by atoms with Gasteiger partial charge in [0.15, 0.2) is 0 Å². The zero-order chi connectivity index (χ0) is 26.5. The number of carboxylic acids is 1. The summed E-state index contributed by atoms with van der Waals surface area (Å²) in [6, 6.07) is 13.7. The van der Waals surface area contributed by atoms with Crippen LogP contribution in [0.1, 0.15) is 67.9 Å². The van der Waals surface area contributed by atoms with Gasteiger partial charge in [0.05, 0.1) is 24.7 Å². The number of fused-ring (bicyclic) bond motifs is 5. The molecule has 200 valence electrons. The van der Waals surface area contributed by atoms with Crippen molar-refractivity contribution in [3.05, 3.63) is 70.5 Å². The highest BCUT2D eigenvalue weighted by Gasteiger charge is 2.70. The fourth-order valence-corrected chi connectivity index (χ4v) is 7.39. The van der Waals surface area contributed by atoms with Gasteiger partial charge in [0, 0.05) is 12.1 Å². The van der Waals surface area contributed by atoms with Crippen molar-refractivity contribution in [2.45, 2.75) is 70.6 Å². The summed E-state index contributed by atoms with van der Waals surface area (Å²) < 4.78 is 20.1. The molecule has 3 saturated carbocycles. The Bertz CT molecular complexity index is 1150. The molecule has 0 heterocycles. The van der Waals surface area contributed by atoms with Crippen LogP contribution >= 0.6 is 0 Å². The van der Waals surface area contributed by atoms with E-state index in [4.69, 9.17) is 4.74 Å². The van der Waals surface area contributed by atoms with Gasteiger partial charge in [-0.1, -0.05) is 36.4 Å². The number of rotatable bonds is 11. The van der Waals surface area contributed by atoms with Gasteiger partial charge in [-0.05, 0) is 105 Å². The standard InChI is InChI=1S/C31H40FNO4/c1-17-9-10-19(11-26(17)32)14-31(3,4)33-15-21(34)16-37-18(2)22-7-5-6-8-23(22)24-12-20-13-25(24)28-27(20)29(28)30(35)36/h5-11,18,20-21,24-25,27-29,33-34H,12-16H2,1-4H3,(H,35,36)/t18-,20-,21-,24?,25-,27+,28-,29?/m1/s1. The third-order valence-electron chi connectivity index (χ3n) is 9.18. The van der Waals surface area contributed by atoms with Crippen LogP contribution in [-0.4, -0.2) is 41.0 Å². The first-order chi connectivity index (χ1) is 17.6. The molecule has 0 saturated heterocycles. The van der Waals surface area contributed by atoms with E-state index in [9.17, 15) is 19.4 Å². The minimum Gasteiger partial charge on any atom is -0.481 e. The smallest absolute Gasteiger partial charge is 0.307 e. The van der Waals surface area contributed by atoms with Crippen LogP contribution in [-0.2, 0) is 16.0 Å². The van der Waals surface area contributed by atoms with Gasteiger partial charge in [0.2, 0.25) is 0 Å². The maximum atomic E-state index is 13.9. The van der Waals surface area contributed by atoms with E-state index < -0.39 is 12.1 Å². The zero-order valence-electron chi connectivity index (χ0n) is 22.3. The third kappa shape index (κ3) is 5.34. The van der Waals surface area contributed by atoms with Gasteiger partial charge in [-0.2, -0.15) is 0 Å². The van der Waals surface area contributed by atoms with Crippen molar-refractivity contribution in [1.82, 2.24) is 5.32 Å². The van der Waals surface area contributed by atoms with Gasteiger partial charge in [0.1, 0.15) is 5.82 Å². The van der Waals surface area contributed by atoms with E-state index >= 15 is 0 Å². The summed E-state index contributed by atoms with van der Waals surface area (Å²) in [5.74, 6) is 1.20. The predicted molar refractivity (Wildman–Crippen MR) is 141 cm³/mol. The number of benzene rings is 2. The van der Waals surface area contributed by atoms with E-state index in [1.807, 2.05) is 32.9 Å². The van der Waals surface area contributed by atoms with Gasteiger partial charge < -0.3 is 20.3 Å². The molecule has 2 unspecified atom stereocenters. The van der Waals surface area contributed by atoms with Crippen molar-refractivity contribution in [3.8, 4) is 0 Å². The van der Waals surface area contributed by atoms with Crippen LogP contribution in [0.25, 0.3) is 0 Å². The van der Waals surface area contributed by atoms with Gasteiger partial charge in [0.25, 0.3) is 0 Å². The average Bonchev–Trinajstić information content (AvgIpc) is 3.35. The number of carbonyl (C=O) groups is 1. The molecule has 3 aliphatic rings. The van der Waals surface area contributed by atoms with Gasteiger partial charge >= 0.3 is 5.97 Å². The van der Waals surface area contributed by atoms with Crippen molar-refractivity contribution in [2.24, 2.45) is 29.6 Å². The van der Waals surface area contributed by atoms with Crippen LogP contribution in [0.4, 0.5) is 4.39 Å². The number of aliphatic carboxylic acids is 1. The number of β-amino-alcohol motifs (C(OH)–C–C–N with tert-alkyl or cyclic N) is 1. The lowest BCUT2D eigenvalue weighted by Crippen LogP contribution is -2.46. The summed E-state index contributed by atoms with van der Waals surface area (Å²) in [5.41, 5.74) is 3.68. The number of aliphatic hydroxyl groups is 1. The molecule has 2 bridgehead atoms. The number of hydrogen-bond donors (Lipinski definition) is 3. The number of ether oxygens (including phenoxy) is 1. The van der Waals surface area contributed by atoms with E-state index in [2.05, 4.69) is 23.5 Å². The molecule has 2 aromatic rings. The Hall–Kier alpha value is -2.28. The molecule has 3 N–H and O–H groups in total. The fourth-order valence-electron chi connectivity index (χ4n) is 7.39. The van der Waals surface area contributed by atoms with E-state index in [-0.39, 0.29) is 30.0 Å². The highest BCUT2D eigenvalue weighted by molar-refractivity contribution is 5.75. The number of aryl methyl sites for hydroxylation is 1. The molecular formula is C31H40FNO4. The quantitative estimate of drug-likeness (QED) is 0.385. The largest absolute Gasteiger partial charge is 0.481 e. The molecule has 8 atom stereocenters. The molecule has 0 amide bonds.